The van der Waals surface area contributed by atoms with Crippen molar-refractivity contribution in [2.75, 3.05) is 12.8 Å². The van der Waals surface area contributed by atoms with Gasteiger partial charge in [-0.1, -0.05) is 11.6 Å². The van der Waals surface area contributed by atoms with Gasteiger partial charge in [-0.2, -0.15) is 11.8 Å². The fourth-order valence-corrected chi connectivity index (χ4v) is 4.25. The van der Waals surface area contributed by atoms with Gasteiger partial charge in [-0.15, -0.1) is 0 Å². The minimum absolute atomic E-state index is 0.0428. The Morgan fingerprint density at radius 2 is 2.15 bits per heavy atom. The van der Waals surface area contributed by atoms with Crippen molar-refractivity contribution in [3.8, 4) is 0 Å². The van der Waals surface area contributed by atoms with Crippen LogP contribution in [-0.4, -0.2) is 26.0 Å². The largest absolute Gasteiger partial charge is 0.326 e. The van der Waals surface area contributed by atoms with Crippen LogP contribution in [0.3, 0.4) is 0 Å². The molecule has 2 rings (SSSR count). The van der Waals surface area contributed by atoms with Crippen LogP contribution in [0.4, 0.5) is 4.39 Å². The molecule has 0 radical (unpaired) electrons. The predicted octanol–water partition coefficient (Wildman–Crippen LogP) is 2.11. The molecule has 8 heteroatoms. The standard InChI is InChI=1S/C12H16ClFN2O2S2/c1-19-12(2-3-12)7-16-20(17,18)10-5-9(13)4-8(6-15)11(10)14/h4-5,16H,2-3,6-7,15H2,1H3. The zero-order chi connectivity index (χ0) is 15.0. The molecular formula is C12H16ClFN2O2S2. The highest BCUT2D eigenvalue weighted by molar-refractivity contribution is 8.00. The molecule has 0 bridgehead atoms. The molecule has 0 saturated heterocycles. The fraction of sp³-hybridized carbons (Fsp3) is 0.500. The lowest BCUT2D eigenvalue weighted by atomic mass is 10.2. The molecule has 0 atom stereocenters. The summed E-state index contributed by atoms with van der Waals surface area (Å²) in [6, 6.07) is 2.44. The van der Waals surface area contributed by atoms with Gasteiger partial charge in [0.15, 0.2) is 0 Å². The van der Waals surface area contributed by atoms with Gasteiger partial charge in [0.1, 0.15) is 10.7 Å². The molecule has 1 fully saturated rings. The molecule has 4 nitrogen and oxygen atoms in total. The molecule has 0 aromatic heterocycles. The Morgan fingerprint density at radius 3 is 2.65 bits per heavy atom. The summed E-state index contributed by atoms with van der Waals surface area (Å²) in [5, 5.41) is 0.151. The van der Waals surface area contributed by atoms with E-state index in [1.807, 2.05) is 6.26 Å². The summed E-state index contributed by atoms with van der Waals surface area (Å²) in [6.07, 6.45) is 3.86. The summed E-state index contributed by atoms with van der Waals surface area (Å²) in [6.45, 7) is 0.185. The fourth-order valence-electron chi connectivity index (χ4n) is 1.86. The highest BCUT2D eigenvalue weighted by atomic mass is 35.5. The summed E-state index contributed by atoms with van der Waals surface area (Å²) >= 11 is 7.44. The number of nitrogens with two attached hydrogens (primary N) is 1. The molecule has 0 amide bonds. The van der Waals surface area contributed by atoms with E-state index in [4.69, 9.17) is 17.3 Å². The molecule has 20 heavy (non-hydrogen) atoms. The third-order valence-electron chi connectivity index (χ3n) is 3.41. The Bertz CT molecular complexity index is 618. The first-order chi connectivity index (χ1) is 9.33. The minimum Gasteiger partial charge on any atom is -0.326 e. The second kappa shape index (κ2) is 5.81. The van der Waals surface area contributed by atoms with Crippen LogP contribution in [-0.2, 0) is 16.6 Å². The highest BCUT2D eigenvalue weighted by Gasteiger charge is 2.42. The van der Waals surface area contributed by atoms with Crippen molar-refractivity contribution in [1.82, 2.24) is 4.72 Å². The maximum atomic E-state index is 14.1. The van der Waals surface area contributed by atoms with Crippen molar-refractivity contribution >= 4 is 33.4 Å². The van der Waals surface area contributed by atoms with Crippen molar-refractivity contribution in [3.63, 3.8) is 0 Å². The first-order valence-electron chi connectivity index (χ1n) is 6.06. The van der Waals surface area contributed by atoms with Crippen molar-refractivity contribution in [1.29, 1.82) is 0 Å². The number of nitrogens with one attached hydrogen (secondary N) is 1. The van der Waals surface area contributed by atoms with E-state index in [-0.39, 0.29) is 21.9 Å². The number of rotatable bonds is 6. The minimum atomic E-state index is -3.93. The normalized spacial score (nSPS) is 17.2. The zero-order valence-electron chi connectivity index (χ0n) is 10.9. The maximum absolute atomic E-state index is 14.1. The van der Waals surface area contributed by atoms with Crippen LogP contribution in [0.2, 0.25) is 5.02 Å². The zero-order valence-corrected chi connectivity index (χ0v) is 13.3. The summed E-state index contributed by atoms with van der Waals surface area (Å²) in [4.78, 5) is -0.442. The molecule has 1 aromatic rings. The number of thioether (sulfide) groups is 1. The number of hydrogen-bond acceptors (Lipinski definition) is 4. The lowest BCUT2D eigenvalue weighted by Gasteiger charge is -2.15. The Kier molecular flexibility index (Phi) is 4.66. The van der Waals surface area contributed by atoms with Gasteiger partial charge in [-0.25, -0.2) is 17.5 Å². The number of sulfonamides is 1. The van der Waals surface area contributed by atoms with Crippen molar-refractivity contribution in [3.05, 3.63) is 28.5 Å². The van der Waals surface area contributed by atoms with Gasteiger partial charge in [0.25, 0.3) is 0 Å². The number of halogens is 2. The molecule has 112 valence electrons. The lowest BCUT2D eigenvalue weighted by molar-refractivity contribution is 0.549. The maximum Gasteiger partial charge on any atom is 0.243 e. The summed E-state index contributed by atoms with van der Waals surface area (Å²) in [5.74, 6) is -0.835. The number of benzene rings is 1. The summed E-state index contributed by atoms with van der Waals surface area (Å²) < 4.78 is 40.9. The van der Waals surface area contributed by atoms with Crippen LogP contribution >= 0.6 is 23.4 Å². The van der Waals surface area contributed by atoms with Crippen LogP contribution in [0.5, 0.6) is 0 Å². The van der Waals surface area contributed by atoms with E-state index in [1.165, 1.54) is 6.07 Å². The second-order valence-corrected chi connectivity index (χ2v) is 8.24. The van der Waals surface area contributed by atoms with E-state index in [0.29, 0.717) is 6.54 Å². The molecule has 1 saturated carbocycles. The number of hydrogen-bond donors (Lipinski definition) is 2. The van der Waals surface area contributed by atoms with Crippen LogP contribution in [0.15, 0.2) is 17.0 Å². The topological polar surface area (TPSA) is 72.2 Å². The second-order valence-electron chi connectivity index (χ2n) is 4.79. The molecule has 1 aromatic carbocycles. The summed E-state index contributed by atoms with van der Waals surface area (Å²) in [5.41, 5.74) is 5.48. The van der Waals surface area contributed by atoms with Gasteiger partial charge in [0.05, 0.1) is 0 Å². The van der Waals surface area contributed by atoms with Crippen molar-refractivity contribution in [2.45, 2.75) is 29.0 Å². The molecular weight excluding hydrogens is 323 g/mol. The predicted molar refractivity (Wildman–Crippen MR) is 80.0 cm³/mol. The van der Waals surface area contributed by atoms with Crippen LogP contribution < -0.4 is 10.5 Å². The smallest absolute Gasteiger partial charge is 0.243 e. The Hall–Kier alpha value is -0.340. The lowest BCUT2D eigenvalue weighted by Crippen LogP contribution is -2.32. The average Bonchev–Trinajstić information content (AvgIpc) is 3.19. The van der Waals surface area contributed by atoms with Gasteiger partial charge >= 0.3 is 0 Å². The first kappa shape index (κ1) is 16.0. The van der Waals surface area contributed by atoms with Gasteiger partial charge in [0, 0.05) is 28.4 Å². The van der Waals surface area contributed by atoms with E-state index in [2.05, 4.69) is 4.72 Å². The molecule has 1 aliphatic rings. The van der Waals surface area contributed by atoms with Gasteiger partial charge in [0.2, 0.25) is 10.0 Å². The molecule has 0 unspecified atom stereocenters. The third kappa shape index (κ3) is 3.28. The monoisotopic (exact) mass is 338 g/mol. The van der Waals surface area contributed by atoms with Gasteiger partial charge < -0.3 is 5.73 Å². The average molecular weight is 339 g/mol. The Labute approximate surface area is 127 Å². The van der Waals surface area contributed by atoms with Crippen molar-refractivity contribution < 1.29 is 12.8 Å². The molecule has 3 N–H and O–H groups in total. The molecule has 0 aliphatic heterocycles. The highest BCUT2D eigenvalue weighted by Crippen LogP contribution is 2.46. The summed E-state index contributed by atoms with van der Waals surface area (Å²) in [7, 11) is -3.93. The quantitative estimate of drug-likeness (QED) is 0.833. The van der Waals surface area contributed by atoms with Crippen LogP contribution in [0.1, 0.15) is 18.4 Å². The third-order valence-corrected chi connectivity index (χ3v) is 6.45. The van der Waals surface area contributed by atoms with E-state index in [1.54, 1.807) is 11.8 Å². The molecule has 1 aliphatic carbocycles. The first-order valence-corrected chi connectivity index (χ1v) is 9.15. The van der Waals surface area contributed by atoms with Gasteiger partial charge in [-0.3, -0.25) is 0 Å². The Morgan fingerprint density at radius 1 is 1.50 bits per heavy atom. The molecule has 0 spiro atoms. The Balaban J connectivity index is 2.27. The van der Waals surface area contributed by atoms with E-state index in [9.17, 15) is 12.8 Å². The van der Waals surface area contributed by atoms with E-state index in [0.717, 1.165) is 18.9 Å². The van der Waals surface area contributed by atoms with Crippen molar-refractivity contribution in [2.24, 2.45) is 5.73 Å². The van der Waals surface area contributed by atoms with Crippen LogP contribution in [0, 0.1) is 5.82 Å². The van der Waals surface area contributed by atoms with Gasteiger partial charge in [-0.05, 0) is 31.2 Å². The SMILES string of the molecule is CSC1(CNS(=O)(=O)c2cc(Cl)cc(CN)c2F)CC1. The van der Waals surface area contributed by atoms with E-state index >= 15 is 0 Å². The van der Waals surface area contributed by atoms with E-state index < -0.39 is 20.7 Å². The molecule has 0 heterocycles. The van der Waals surface area contributed by atoms with Crippen LogP contribution in [0.25, 0.3) is 0 Å².